The van der Waals surface area contributed by atoms with Crippen LogP contribution in [0.25, 0.3) is 0 Å². The highest BCUT2D eigenvalue weighted by molar-refractivity contribution is 6.32. The lowest BCUT2D eigenvalue weighted by molar-refractivity contribution is -0.117. The first-order valence-corrected chi connectivity index (χ1v) is 9.82. The molecule has 2 atom stereocenters. The molecule has 1 aliphatic carbocycles. The Balaban J connectivity index is 1.64. The molecule has 0 unspecified atom stereocenters. The largest absolute Gasteiger partial charge is 0.506 e. The summed E-state index contributed by atoms with van der Waals surface area (Å²) < 4.78 is 0. The summed E-state index contributed by atoms with van der Waals surface area (Å²) in [7, 11) is 3.99. The Bertz CT molecular complexity index is 908. The molecular weight excluding hydrogens is 372 g/mol. The van der Waals surface area contributed by atoms with E-state index in [4.69, 9.17) is 11.6 Å². The van der Waals surface area contributed by atoms with Gasteiger partial charge in [-0.05, 0) is 63.2 Å². The second-order valence-electron chi connectivity index (χ2n) is 7.81. The van der Waals surface area contributed by atoms with Gasteiger partial charge in [0.1, 0.15) is 5.75 Å². The molecule has 2 N–H and O–H groups in total. The van der Waals surface area contributed by atoms with Crippen LogP contribution >= 0.6 is 11.6 Å². The second kappa shape index (κ2) is 7.98. The highest BCUT2D eigenvalue weighted by Crippen LogP contribution is 2.53. The Kier molecular flexibility index (Phi) is 5.82. The minimum Gasteiger partial charge on any atom is -0.506 e. The minimum absolute atomic E-state index is 0.000517. The number of hydrogen-bond donors (Lipinski definition) is 2. The van der Waals surface area contributed by atoms with E-state index in [9.17, 15) is 9.90 Å². The molecule has 0 bridgehead atoms. The van der Waals surface area contributed by atoms with E-state index >= 15 is 0 Å². The van der Waals surface area contributed by atoms with Crippen LogP contribution in [0.1, 0.15) is 25.0 Å². The van der Waals surface area contributed by atoms with E-state index in [1.54, 1.807) is 12.1 Å². The fourth-order valence-electron chi connectivity index (χ4n) is 3.75. The van der Waals surface area contributed by atoms with Gasteiger partial charge in [0, 0.05) is 23.6 Å². The van der Waals surface area contributed by atoms with Gasteiger partial charge in [0.25, 0.3) is 0 Å². The molecule has 0 spiro atoms. The molecule has 5 heteroatoms. The van der Waals surface area contributed by atoms with Crippen LogP contribution in [0.3, 0.4) is 0 Å². The molecule has 0 saturated carbocycles. The van der Waals surface area contributed by atoms with Gasteiger partial charge in [-0.2, -0.15) is 0 Å². The van der Waals surface area contributed by atoms with Gasteiger partial charge in [0.05, 0.1) is 5.02 Å². The molecule has 0 saturated heterocycles. The van der Waals surface area contributed by atoms with Crippen LogP contribution in [-0.4, -0.2) is 42.6 Å². The summed E-state index contributed by atoms with van der Waals surface area (Å²) in [5.74, 6) is 0.0795. The van der Waals surface area contributed by atoms with Crippen molar-refractivity contribution < 1.29 is 9.90 Å². The maximum Gasteiger partial charge on any atom is 0.248 e. The lowest BCUT2D eigenvalue weighted by Crippen LogP contribution is -2.42. The molecular formula is C23H27ClN2O2. The SMILES string of the molecule is CC1=C(C(=O)NC[C@H](Cc2ccc(O)c(Cl)c2)N(C)C)[C@]1(C)c1ccccc1. The van der Waals surface area contributed by atoms with Gasteiger partial charge in [-0.15, -0.1) is 0 Å². The summed E-state index contributed by atoms with van der Waals surface area (Å²) in [6.45, 7) is 4.67. The Morgan fingerprint density at radius 2 is 1.89 bits per heavy atom. The monoisotopic (exact) mass is 398 g/mol. The Morgan fingerprint density at radius 1 is 1.21 bits per heavy atom. The number of aromatic hydroxyl groups is 1. The average molecular weight is 399 g/mol. The van der Waals surface area contributed by atoms with E-state index in [-0.39, 0.29) is 23.1 Å². The standard InChI is InChI=1S/C23H27ClN2O2/c1-15-21(23(15,2)17-8-6-5-7-9-17)22(28)25-14-18(26(3)4)12-16-10-11-20(27)19(24)13-16/h5-11,13,18,27H,12,14H2,1-4H3,(H,25,28)/t18-,23-/m0/s1. The number of hydrogen-bond acceptors (Lipinski definition) is 3. The van der Waals surface area contributed by atoms with Crippen molar-refractivity contribution in [1.82, 2.24) is 10.2 Å². The van der Waals surface area contributed by atoms with Crippen molar-refractivity contribution in [1.29, 1.82) is 0 Å². The Morgan fingerprint density at radius 3 is 2.50 bits per heavy atom. The molecule has 0 aromatic heterocycles. The zero-order valence-corrected chi connectivity index (χ0v) is 17.5. The summed E-state index contributed by atoms with van der Waals surface area (Å²) in [5, 5.41) is 13.0. The molecule has 2 aromatic carbocycles. The molecule has 1 amide bonds. The zero-order chi connectivity index (χ0) is 20.5. The van der Waals surface area contributed by atoms with Crippen molar-refractivity contribution in [3.8, 4) is 5.75 Å². The van der Waals surface area contributed by atoms with Crippen LogP contribution in [0.2, 0.25) is 5.02 Å². The smallest absolute Gasteiger partial charge is 0.248 e. The molecule has 0 radical (unpaired) electrons. The lowest BCUT2D eigenvalue weighted by Gasteiger charge is -2.25. The van der Waals surface area contributed by atoms with E-state index in [1.165, 1.54) is 0 Å². The number of likely N-dealkylation sites (N-methyl/N-ethyl adjacent to an activating group) is 1. The van der Waals surface area contributed by atoms with Crippen LogP contribution in [0.5, 0.6) is 5.75 Å². The maximum atomic E-state index is 12.8. The van der Waals surface area contributed by atoms with Crippen molar-refractivity contribution >= 4 is 17.5 Å². The quantitative estimate of drug-likeness (QED) is 0.743. The molecule has 0 fully saturated rings. The normalized spacial score (nSPS) is 19.6. The molecule has 1 aliphatic rings. The predicted octanol–water partition coefficient (Wildman–Crippen LogP) is 3.92. The number of benzene rings is 2. The van der Waals surface area contributed by atoms with Gasteiger partial charge in [-0.1, -0.05) is 48.0 Å². The number of phenols is 1. The van der Waals surface area contributed by atoms with Crippen molar-refractivity contribution in [2.24, 2.45) is 0 Å². The van der Waals surface area contributed by atoms with Crippen LogP contribution in [0.4, 0.5) is 0 Å². The van der Waals surface area contributed by atoms with Gasteiger partial charge < -0.3 is 15.3 Å². The molecule has 3 rings (SSSR count). The Labute approximate surface area is 171 Å². The third-order valence-corrected chi connectivity index (χ3v) is 6.16. The first kappa shape index (κ1) is 20.4. The molecule has 4 nitrogen and oxygen atoms in total. The number of carbonyl (C=O) groups is 1. The number of nitrogens with one attached hydrogen (secondary N) is 1. The van der Waals surface area contributed by atoms with Crippen molar-refractivity contribution in [2.75, 3.05) is 20.6 Å². The van der Waals surface area contributed by atoms with E-state index in [0.717, 1.165) is 28.7 Å². The fraction of sp³-hybridized carbons (Fsp3) is 0.348. The van der Waals surface area contributed by atoms with Gasteiger partial charge >= 0.3 is 0 Å². The summed E-state index contributed by atoms with van der Waals surface area (Å²) >= 11 is 6.02. The predicted molar refractivity (Wildman–Crippen MR) is 114 cm³/mol. The Hall–Kier alpha value is -2.30. The van der Waals surface area contributed by atoms with E-state index in [0.29, 0.717) is 11.6 Å². The van der Waals surface area contributed by atoms with Crippen LogP contribution < -0.4 is 5.32 Å². The second-order valence-corrected chi connectivity index (χ2v) is 8.22. The fourth-order valence-corrected chi connectivity index (χ4v) is 3.95. The molecule has 2 aromatic rings. The van der Waals surface area contributed by atoms with E-state index < -0.39 is 0 Å². The van der Waals surface area contributed by atoms with Crippen molar-refractivity contribution in [2.45, 2.75) is 31.7 Å². The third-order valence-electron chi connectivity index (χ3n) is 5.85. The van der Waals surface area contributed by atoms with Crippen molar-refractivity contribution in [3.63, 3.8) is 0 Å². The number of rotatable bonds is 7. The number of carbonyl (C=O) groups excluding carboxylic acids is 1. The third kappa shape index (κ3) is 3.94. The maximum absolute atomic E-state index is 12.8. The highest BCUT2D eigenvalue weighted by atomic mass is 35.5. The summed E-state index contributed by atoms with van der Waals surface area (Å²) in [5.41, 5.74) is 3.91. The highest BCUT2D eigenvalue weighted by Gasteiger charge is 2.51. The summed E-state index contributed by atoms with van der Waals surface area (Å²) in [6.07, 6.45) is 0.723. The molecule has 28 heavy (non-hydrogen) atoms. The van der Waals surface area contributed by atoms with E-state index in [2.05, 4.69) is 29.3 Å². The number of allylic oxidation sites excluding steroid dienone is 1. The minimum atomic E-state index is -0.260. The number of nitrogens with zero attached hydrogens (tertiary/aromatic N) is 1. The first-order valence-electron chi connectivity index (χ1n) is 9.44. The average Bonchev–Trinajstić information content (AvgIpc) is 3.24. The topological polar surface area (TPSA) is 52.6 Å². The van der Waals surface area contributed by atoms with Crippen LogP contribution in [-0.2, 0) is 16.6 Å². The summed E-state index contributed by atoms with van der Waals surface area (Å²) in [4.78, 5) is 14.9. The molecule has 0 heterocycles. The van der Waals surface area contributed by atoms with Gasteiger partial charge in [0.15, 0.2) is 0 Å². The van der Waals surface area contributed by atoms with Crippen LogP contribution in [0, 0.1) is 0 Å². The van der Waals surface area contributed by atoms with Gasteiger partial charge in [0.2, 0.25) is 5.91 Å². The molecule has 148 valence electrons. The van der Waals surface area contributed by atoms with Crippen molar-refractivity contribution in [3.05, 3.63) is 75.8 Å². The zero-order valence-electron chi connectivity index (χ0n) is 16.8. The lowest BCUT2D eigenvalue weighted by atomic mass is 9.90. The number of amides is 1. The summed E-state index contributed by atoms with van der Waals surface area (Å²) in [6, 6.07) is 15.5. The van der Waals surface area contributed by atoms with Gasteiger partial charge in [-0.3, -0.25) is 4.79 Å². The first-order chi connectivity index (χ1) is 13.2. The number of halogens is 1. The number of phenolic OH excluding ortho intramolecular Hbond substituents is 1. The molecule has 0 aliphatic heterocycles. The van der Waals surface area contributed by atoms with E-state index in [1.807, 2.05) is 45.3 Å². The van der Waals surface area contributed by atoms with Crippen LogP contribution in [0.15, 0.2) is 59.7 Å². The van der Waals surface area contributed by atoms with Gasteiger partial charge in [-0.25, -0.2) is 0 Å².